The third-order valence-corrected chi connectivity index (χ3v) is 3.87. The van der Waals surface area contributed by atoms with E-state index in [4.69, 9.17) is 9.84 Å². The van der Waals surface area contributed by atoms with Gasteiger partial charge in [0.15, 0.2) is 0 Å². The van der Waals surface area contributed by atoms with Crippen molar-refractivity contribution in [1.29, 1.82) is 0 Å². The molecular weight excluding hydrogens is 326 g/mol. The quantitative estimate of drug-likeness (QED) is 0.752. The number of rotatable bonds is 8. The number of aryl methyl sites for hydroxylation is 2. The predicted molar refractivity (Wildman–Crippen MR) is 91.4 cm³/mol. The summed E-state index contributed by atoms with van der Waals surface area (Å²) in [6.07, 6.45) is 1.43. The molecule has 1 amide bonds. The van der Waals surface area contributed by atoms with Crippen molar-refractivity contribution in [2.24, 2.45) is 0 Å². The zero-order valence-corrected chi connectivity index (χ0v) is 14.3. The summed E-state index contributed by atoms with van der Waals surface area (Å²) in [5, 5.41) is 9.40. The predicted octanol–water partition coefficient (Wildman–Crippen LogP) is 0.655. The van der Waals surface area contributed by atoms with Crippen molar-refractivity contribution < 1.29 is 19.4 Å². The van der Waals surface area contributed by atoms with Crippen LogP contribution in [0.3, 0.4) is 0 Å². The third kappa shape index (κ3) is 4.63. The van der Waals surface area contributed by atoms with E-state index in [0.29, 0.717) is 10.9 Å². The van der Waals surface area contributed by atoms with Gasteiger partial charge in [0.25, 0.3) is 5.56 Å². The van der Waals surface area contributed by atoms with Gasteiger partial charge in [0.1, 0.15) is 6.54 Å². The minimum absolute atomic E-state index is 0.00982. The minimum atomic E-state index is -1.09. The monoisotopic (exact) mass is 347 g/mol. The first-order valence-corrected chi connectivity index (χ1v) is 7.87. The van der Waals surface area contributed by atoms with Crippen molar-refractivity contribution in [3.8, 4) is 0 Å². The lowest BCUT2D eigenvalue weighted by Gasteiger charge is -2.20. The fourth-order valence-corrected chi connectivity index (χ4v) is 2.53. The van der Waals surface area contributed by atoms with Gasteiger partial charge >= 0.3 is 5.97 Å². The molecule has 0 saturated heterocycles. The second kappa shape index (κ2) is 8.39. The van der Waals surface area contributed by atoms with Gasteiger partial charge in [-0.1, -0.05) is 12.1 Å². The highest BCUT2D eigenvalue weighted by atomic mass is 16.5. The molecule has 1 aromatic carbocycles. The van der Waals surface area contributed by atoms with Crippen molar-refractivity contribution in [2.45, 2.75) is 19.9 Å². The van der Waals surface area contributed by atoms with E-state index in [9.17, 15) is 14.4 Å². The van der Waals surface area contributed by atoms with E-state index in [2.05, 4.69) is 4.98 Å². The number of carboxylic acid groups (broad SMARTS) is 1. The van der Waals surface area contributed by atoms with Crippen molar-refractivity contribution in [3.05, 3.63) is 40.4 Å². The molecule has 1 N–H and O–H groups in total. The Labute approximate surface area is 144 Å². The molecule has 0 atom stereocenters. The van der Waals surface area contributed by atoms with Crippen LogP contribution in [-0.2, 0) is 20.9 Å². The normalized spacial score (nSPS) is 10.8. The summed E-state index contributed by atoms with van der Waals surface area (Å²) in [5.74, 6) is -1.44. The lowest BCUT2D eigenvalue weighted by molar-refractivity contribution is -0.145. The topological polar surface area (TPSA) is 102 Å². The Kier molecular flexibility index (Phi) is 6.24. The average Bonchev–Trinajstić information content (AvgIpc) is 2.58. The number of carbonyl (C=O) groups excluding carboxylic acids is 1. The molecule has 2 rings (SSSR count). The molecule has 0 radical (unpaired) electrons. The lowest BCUT2D eigenvalue weighted by atomic mass is 10.1. The molecular formula is C17H21N3O5. The maximum atomic E-state index is 12.5. The fourth-order valence-electron chi connectivity index (χ4n) is 2.53. The van der Waals surface area contributed by atoms with Crippen LogP contribution in [0.25, 0.3) is 10.9 Å². The molecule has 0 unspecified atom stereocenters. The summed E-state index contributed by atoms with van der Waals surface area (Å²) in [7, 11) is 1.48. The van der Waals surface area contributed by atoms with Crippen LogP contribution in [-0.4, -0.2) is 58.2 Å². The van der Waals surface area contributed by atoms with E-state index in [-0.39, 0.29) is 37.6 Å². The molecule has 0 aliphatic rings. The van der Waals surface area contributed by atoms with E-state index in [0.717, 1.165) is 5.56 Å². The first-order chi connectivity index (χ1) is 11.9. The largest absolute Gasteiger partial charge is 0.480 e. The summed E-state index contributed by atoms with van der Waals surface area (Å²) < 4.78 is 6.26. The van der Waals surface area contributed by atoms with Gasteiger partial charge in [-0.15, -0.1) is 0 Å². The van der Waals surface area contributed by atoms with Gasteiger partial charge < -0.3 is 14.7 Å². The first-order valence-electron chi connectivity index (χ1n) is 7.87. The molecule has 0 aliphatic heterocycles. The van der Waals surface area contributed by atoms with Crippen LogP contribution in [0.4, 0.5) is 0 Å². The van der Waals surface area contributed by atoms with Crippen molar-refractivity contribution in [1.82, 2.24) is 14.5 Å². The zero-order valence-electron chi connectivity index (χ0n) is 14.3. The number of benzene rings is 1. The number of hydrogen-bond acceptors (Lipinski definition) is 5. The van der Waals surface area contributed by atoms with Crippen LogP contribution in [0, 0.1) is 6.92 Å². The molecule has 1 aromatic heterocycles. The first kappa shape index (κ1) is 18.6. The van der Waals surface area contributed by atoms with Crippen LogP contribution in [0.5, 0.6) is 0 Å². The number of nitrogens with zero attached hydrogens (tertiary/aromatic N) is 3. The number of aromatic nitrogens is 2. The third-order valence-electron chi connectivity index (χ3n) is 3.87. The maximum Gasteiger partial charge on any atom is 0.323 e. The Balaban J connectivity index is 2.12. The molecule has 0 saturated carbocycles. The van der Waals surface area contributed by atoms with Gasteiger partial charge in [-0.05, 0) is 18.6 Å². The highest BCUT2D eigenvalue weighted by Gasteiger charge is 2.17. The number of carbonyl (C=O) groups is 2. The average molecular weight is 347 g/mol. The number of ether oxygens (including phenoxy) is 1. The van der Waals surface area contributed by atoms with E-state index in [1.807, 2.05) is 13.0 Å². The van der Waals surface area contributed by atoms with Gasteiger partial charge in [-0.25, -0.2) is 4.98 Å². The van der Waals surface area contributed by atoms with E-state index >= 15 is 0 Å². The second-order valence-electron chi connectivity index (χ2n) is 5.67. The van der Waals surface area contributed by atoms with E-state index in [1.165, 1.54) is 22.9 Å². The molecule has 0 aliphatic carbocycles. The molecule has 1 heterocycles. The van der Waals surface area contributed by atoms with Crippen LogP contribution >= 0.6 is 0 Å². The summed E-state index contributed by atoms with van der Waals surface area (Å²) in [5.41, 5.74) is 1.33. The number of para-hydroxylation sites is 1. The lowest BCUT2D eigenvalue weighted by Crippen LogP contribution is -2.38. The number of carboxylic acids is 1. The standard InChI is InChI=1S/C17H21N3O5/c1-12-4-3-5-13-16(12)18-11-20(17(13)24)7-6-14(21)19(8-9-25-2)10-15(22)23/h3-5,11H,6-10H2,1-2H3,(H,22,23). The molecule has 8 heteroatoms. The number of hydrogen-bond donors (Lipinski definition) is 1. The zero-order chi connectivity index (χ0) is 18.4. The number of aliphatic carboxylic acids is 1. The molecule has 2 aromatic rings. The Morgan fingerprint density at radius 3 is 2.80 bits per heavy atom. The van der Waals surface area contributed by atoms with E-state index in [1.54, 1.807) is 12.1 Å². The molecule has 134 valence electrons. The number of fused-ring (bicyclic) bond motifs is 1. The van der Waals surface area contributed by atoms with Crippen molar-refractivity contribution in [2.75, 3.05) is 26.8 Å². The molecule has 0 bridgehead atoms. The summed E-state index contributed by atoms with van der Waals surface area (Å²) in [6, 6.07) is 5.36. The molecule has 8 nitrogen and oxygen atoms in total. The van der Waals surface area contributed by atoms with Crippen LogP contribution in [0.15, 0.2) is 29.3 Å². The summed E-state index contributed by atoms with van der Waals surface area (Å²) in [6.45, 7) is 2.05. The smallest absolute Gasteiger partial charge is 0.323 e. The highest BCUT2D eigenvalue weighted by Crippen LogP contribution is 2.11. The van der Waals surface area contributed by atoms with Crippen molar-refractivity contribution in [3.63, 3.8) is 0 Å². The Morgan fingerprint density at radius 2 is 2.12 bits per heavy atom. The minimum Gasteiger partial charge on any atom is -0.480 e. The molecule has 0 fully saturated rings. The molecule has 25 heavy (non-hydrogen) atoms. The van der Waals surface area contributed by atoms with Crippen molar-refractivity contribution >= 4 is 22.8 Å². The highest BCUT2D eigenvalue weighted by molar-refractivity contribution is 5.82. The SMILES string of the molecule is COCCN(CC(=O)O)C(=O)CCn1cnc2c(C)cccc2c1=O. The number of amides is 1. The van der Waals surface area contributed by atoms with Gasteiger partial charge in [-0.2, -0.15) is 0 Å². The van der Waals surface area contributed by atoms with Crippen LogP contribution in [0.1, 0.15) is 12.0 Å². The van der Waals surface area contributed by atoms with Crippen LogP contribution in [0.2, 0.25) is 0 Å². The van der Waals surface area contributed by atoms with Gasteiger partial charge in [-0.3, -0.25) is 19.0 Å². The Morgan fingerprint density at radius 1 is 1.36 bits per heavy atom. The summed E-state index contributed by atoms with van der Waals surface area (Å²) in [4.78, 5) is 41.1. The Bertz CT molecular complexity index is 831. The Hall–Kier alpha value is -2.74. The number of methoxy groups -OCH3 is 1. The fraction of sp³-hybridized carbons (Fsp3) is 0.412. The maximum absolute atomic E-state index is 12.5. The van der Waals surface area contributed by atoms with Gasteiger partial charge in [0, 0.05) is 26.6 Å². The van der Waals surface area contributed by atoms with E-state index < -0.39 is 12.5 Å². The van der Waals surface area contributed by atoms with Crippen LogP contribution < -0.4 is 5.56 Å². The second-order valence-corrected chi connectivity index (χ2v) is 5.67. The van der Waals surface area contributed by atoms with Gasteiger partial charge in [0.05, 0.1) is 23.8 Å². The molecule has 0 spiro atoms. The van der Waals surface area contributed by atoms with Gasteiger partial charge in [0.2, 0.25) is 5.91 Å². The summed E-state index contributed by atoms with van der Waals surface area (Å²) >= 11 is 0.